The summed E-state index contributed by atoms with van der Waals surface area (Å²) in [6, 6.07) is 10.8. The SMILES string of the molecule is CCC(C)Oc1cccc(C(=O)c2ncc(CN)c3cc(OC)c(OC)cc23)c1. The molecule has 0 saturated heterocycles. The van der Waals surface area contributed by atoms with Crippen LogP contribution in [0.2, 0.25) is 0 Å². The smallest absolute Gasteiger partial charge is 0.212 e. The average molecular weight is 394 g/mol. The topological polar surface area (TPSA) is 83.7 Å². The molecular weight excluding hydrogens is 368 g/mol. The number of hydrogen-bond donors (Lipinski definition) is 1. The largest absolute Gasteiger partial charge is 0.493 e. The van der Waals surface area contributed by atoms with E-state index in [1.54, 1.807) is 38.6 Å². The van der Waals surface area contributed by atoms with Gasteiger partial charge in [-0.25, -0.2) is 0 Å². The monoisotopic (exact) mass is 394 g/mol. The van der Waals surface area contributed by atoms with Crippen molar-refractivity contribution in [2.45, 2.75) is 32.9 Å². The van der Waals surface area contributed by atoms with Crippen molar-refractivity contribution < 1.29 is 19.0 Å². The minimum absolute atomic E-state index is 0.0693. The van der Waals surface area contributed by atoms with E-state index in [9.17, 15) is 4.79 Å². The fraction of sp³-hybridized carbons (Fsp3) is 0.304. The molecule has 6 heteroatoms. The van der Waals surface area contributed by atoms with Crippen LogP contribution in [0.5, 0.6) is 17.2 Å². The highest BCUT2D eigenvalue weighted by molar-refractivity contribution is 6.15. The Morgan fingerprint density at radius 3 is 2.41 bits per heavy atom. The number of nitrogens with zero attached hydrogens (tertiary/aromatic N) is 1. The lowest BCUT2D eigenvalue weighted by Gasteiger charge is -2.15. The van der Waals surface area contributed by atoms with Gasteiger partial charge in [0, 0.05) is 23.7 Å². The zero-order chi connectivity index (χ0) is 21.0. The first-order chi connectivity index (χ1) is 14.0. The van der Waals surface area contributed by atoms with E-state index in [2.05, 4.69) is 11.9 Å². The molecule has 0 aliphatic rings. The van der Waals surface area contributed by atoms with E-state index in [0.717, 1.165) is 17.4 Å². The van der Waals surface area contributed by atoms with Crippen LogP contribution in [-0.2, 0) is 6.54 Å². The summed E-state index contributed by atoms with van der Waals surface area (Å²) >= 11 is 0. The number of ether oxygens (including phenoxy) is 3. The van der Waals surface area contributed by atoms with Gasteiger partial charge in [-0.05, 0) is 48.6 Å². The fourth-order valence-corrected chi connectivity index (χ4v) is 3.13. The summed E-state index contributed by atoms with van der Waals surface area (Å²) in [5.74, 6) is 1.56. The molecule has 1 unspecified atom stereocenters. The summed E-state index contributed by atoms with van der Waals surface area (Å²) in [6.45, 7) is 4.34. The second-order valence-corrected chi connectivity index (χ2v) is 6.78. The van der Waals surface area contributed by atoms with E-state index >= 15 is 0 Å². The van der Waals surface area contributed by atoms with Gasteiger partial charge in [-0.2, -0.15) is 0 Å². The van der Waals surface area contributed by atoms with E-state index in [1.165, 1.54) is 0 Å². The zero-order valence-corrected chi connectivity index (χ0v) is 17.2. The maximum atomic E-state index is 13.3. The van der Waals surface area contributed by atoms with Gasteiger partial charge >= 0.3 is 0 Å². The second kappa shape index (κ2) is 8.92. The van der Waals surface area contributed by atoms with Crippen LogP contribution in [0.4, 0.5) is 0 Å². The highest BCUT2D eigenvalue weighted by Gasteiger charge is 2.19. The fourth-order valence-electron chi connectivity index (χ4n) is 3.13. The number of pyridine rings is 1. The van der Waals surface area contributed by atoms with Gasteiger partial charge in [-0.3, -0.25) is 9.78 Å². The van der Waals surface area contributed by atoms with E-state index in [4.69, 9.17) is 19.9 Å². The number of nitrogens with two attached hydrogens (primary N) is 1. The predicted molar refractivity (Wildman–Crippen MR) is 113 cm³/mol. The highest BCUT2D eigenvalue weighted by atomic mass is 16.5. The summed E-state index contributed by atoms with van der Waals surface area (Å²) in [4.78, 5) is 17.7. The molecule has 0 fully saturated rings. The minimum atomic E-state index is -0.194. The maximum Gasteiger partial charge on any atom is 0.212 e. The van der Waals surface area contributed by atoms with Crippen molar-refractivity contribution in [3.05, 3.63) is 59.4 Å². The number of carbonyl (C=O) groups is 1. The Labute approximate surface area is 170 Å². The molecule has 0 aliphatic heterocycles. The normalized spacial score (nSPS) is 11.9. The molecule has 0 bridgehead atoms. The first kappa shape index (κ1) is 20.6. The van der Waals surface area contributed by atoms with Crippen molar-refractivity contribution in [1.29, 1.82) is 0 Å². The summed E-state index contributed by atoms with van der Waals surface area (Å²) in [5.41, 5.74) is 7.55. The standard InChI is InChI=1S/C23H26N2O4/c1-5-14(2)29-17-8-6-7-15(9-17)23(26)22-19-11-21(28-4)20(27-3)10-18(19)16(12-24)13-25-22/h6-11,13-14H,5,12,24H2,1-4H3. The first-order valence-electron chi connectivity index (χ1n) is 9.57. The van der Waals surface area contributed by atoms with Crippen LogP contribution in [0.3, 0.4) is 0 Å². The Morgan fingerprint density at radius 2 is 1.79 bits per heavy atom. The van der Waals surface area contributed by atoms with Gasteiger partial charge < -0.3 is 19.9 Å². The number of ketones is 1. The van der Waals surface area contributed by atoms with Gasteiger partial charge in [0.15, 0.2) is 11.5 Å². The third-order valence-corrected chi connectivity index (χ3v) is 4.92. The molecule has 0 aliphatic carbocycles. The lowest BCUT2D eigenvalue weighted by Crippen LogP contribution is -2.11. The van der Waals surface area contributed by atoms with Crippen molar-refractivity contribution >= 4 is 16.6 Å². The molecule has 6 nitrogen and oxygen atoms in total. The van der Waals surface area contributed by atoms with Gasteiger partial charge in [-0.1, -0.05) is 19.1 Å². The van der Waals surface area contributed by atoms with Gasteiger partial charge in [-0.15, -0.1) is 0 Å². The molecule has 152 valence electrons. The van der Waals surface area contributed by atoms with Gasteiger partial charge in [0.05, 0.1) is 20.3 Å². The van der Waals surface area contributed by atoms with Crippen molar-refractivity contribution in [2.75, 3.05) is 14.2 Å². The van der Waals surface area contributed by atoms with Crippen LogP contribution in [-0.4, -0.2) is 31.1 Å². The van der Waals surface area contributed by atoms with Crippen LogP contribution in [0.25, 0.3) is 10.8 Å². The molecular formula is C23H26N2O4. The molecule has 2 N–H and O–H groups in total. The lowest BCUT2D eigenvalue weighted by molar-refractivity contribution is 0.103. The third-order valence-electron chi connectivity index (χ3n) is 4.92. The molecule has 1 heterocycles. The van der Waals surface area contributed by atoms with Crippen LogP contribution >= 0.6 is 0 Å². The molecule has 3 aromatic rings. The molecule has 2 aromatic carbocycles. The van der Waals surface area contributed by atoms with E-state index in [0.29, 0.717) is 40.4 Å². The second-order valence-electron chi connectivity index (χ2n) is 6.78. The van der Waals surface area contributed by atoms with Crippen LogP contribution in [0, 0.1) is 0 Å². The van der Waals surface area contributed by atoms with Crippen molar-refractivity contribution in [1.82, 2.24) is 4.98 Å². The Bertz CT molecular complexity index is 1030. The Balaban J connectivity index is 2.12. The van der Waals surface area contributed by atoms with Crippen molar-refractivity contribution in [2.24, 2.45) is 5.73 Å². The van der Waals surface area contributed by atoms with E-state index < -0.39 is 0 Å². The van der Waals surface area contributed by atoms with Crippen LogP contribution in [0.15, 0.2) is 42.6 Å². The summed E-state index contributed by atoms with van der Waals surface area (Å²) in [6.07, 6.45) is 2.59. The van der Waals surface area contributed by atoms with Crippen molar-refractivity contribution in [3.63, 3.8) is 0 Å². The molecule has 0 spiro atoms. The van der Waals surface area contributed by atoms with Gasteiger partial charge in [0.25, 0.3) is 0 Å². The molecule has 0 amide bonds. The summed E-state index contributed by atoms with van der Waals surface area (Å²) in [7, 11) is 3.13. The zero-order valence-electron chi connectivity index (χ0n) is 17.2. The number of carbonyl (C=O) groups excluding carboxylic acids is 1. The molecule has 0 saturated carbocycles. The lowest BCUT2D eigenvalue weighted by atomic mass is 9.99. The Hall–Kier alpha value is -3.12. The Kier molecular flexibility index (Phi) is 6.34. The molecule has 1 aromatic heterocycles. The molecule has 1 atom stereocenters. The quantitative estimate of drug-likeness (QED) is 0.579. The van der Waals surface area contributed by atoms with Crippen molar-refractivity contribution in [3.8, 4) is 17.2 Å². The molecule has 0 radical (unpaired) electrons. The van der Waals surface area contributed by atoms with Gasteiger partial charge in [0.1, 0.15) is 11.4 Å². The average Bonchev–Trinajstić information content (AvgIpc) is 2.76. The number of hydrogen-bond acceptors (Lipinski definition) is 6. The van der Waals surface area contributed by atoms with Crippen LogP contribution in [0.1, 0.15) is 41.9 Å². The summed E-state index contributed by atoms with van der Waals surface area (Å²) in [5, 5.41) is 1.49. The number of fused-ring (bicyclic) bond motifs is 1. The summed E-state index contributed by atoms with van der Waals surface area (Å²) < 4.78 is 16.7. The number of benzene rings is 2. The van der Waals surface area contributed by atoms with Gasteiger partial charge in [0.2, 0.25) is 5.78 Å². The van der Waals surface area contributed by atoms with Crippen LogP contribution < -0.4 is 19.9 Å². The molecule has 29 heavy (non-hydrogen) atoms. The first-order valence-corrected chi connectivity index (χ1v) is 9.57. The number of aromatic nitrogens is 1. The number of rotatable bonds is 8. The third kappa shape index (κ3) is 4.17. The Morgan fingerprint density at radius 1 is 1.10 bits per heavy atom. The number of methoxy groups -OCH3 is 2. The van der Waals surface area contributed by atoms with E-state index in [-0.39, 0.29) is 11.9 Å². The predicted octanol–water partition coefficient (Wildman–Crippen LogP) is 4.12. The molecule has 3 rings (SSSR count). The maximum absolute atomic E-state index is 13.3. The minimum Gasteiger partial charge on any atom is -0.493 e. The van der Waals surface area contributed by atoms with E-state index in [1.807, 2.05) is 25.1 Å². The highest BCUT2D eigenvalue weighted by Crippen LogP contribution is 2.35.